The van der Waals surface area contributed by atoms with Gasteiger partial charge in [-0.15, -0.1) is 0 Å². The van der Waals surface area contributed by atoms with E-state index in [1.165, 1.54) is 0 Å². The van der Waals surface area contributed by atoms with Crippen molar-refractivity contribution in [3.05, 3.63) is 35.9 Å². The molecule has 1 saturated carbocycles. The van der Waals surface area contributed by atoms with Crippen molar-refractivity contribution in [3.8, 4) is 0 Å². The quantitative estimate of drug-likeness (QED) is 0.884. The number of carboxylic acids is 1. The number of ether oxygens (including phenoxy) is 2. The molecule has 1 aliphatic carbocycles. The largest absolute Gasteiger partial charge is 0.481 e. The number of fused-ring (bicyclic) bond motifs is 1. The fraction of sp³-hybridized carbons (Fsp3) is 0.533. The molecule has 3 aliphatic rings. The molecule has 2 aliphatic heterocycles. The van der Waals surface area contributed by atoms with Crippen LogP contribution in [0.3, 0.4) is 0 Å². The molecule has 4 rings (SSSR count). The van der Waals surface area contributed by atoms with Gasteiger partial charge in [-0.2, -0.15) is 0 Å². The summed E-state index contributed by atoms with van der Waals surface area (Å²) in [7, 11) is 0. The zero-order valence-corrected chi connectivity index (χ0v) is 11.0. The number of hydrogen-bond donors (Lipinski definition) is 1. The summed E-state index contributed by atoms with van der Waals surface area (Å²) >= 11 is 0. The van der Waals surface area contributed by atoms with Crippen molar-refractivity contribution < 1.29 is 19.4 Å². The zero-order valence-electron chi connectivity index (χ0n) is 11.0. The number of hydrogen-bond acceptors (Lipinski definition) is 3. The second kappa shape index (κ2) is 4.32. The molecule has 102 valence electrons. The summed E-state index contributed by atoms with van der Waals surface area (Å²) in [6, 6.07) is 9.86. The SMILES string of the molecule is CC12CC(C(=O)O)(C1)C(COCc1ccccc1)O2. The van der Waals surface area contributed by atoms with Gasteiger partial charge >= 0.3 is 5.97 Å². The maximum absolute atomic E-state index is 11.4. The van der Waals surface area contributed by atoms with E-state index in [0.717, 1.165) is 5.56 Å². The Morgan fingerprint density at radius 2 is 2.11 bits per heavy atom. The summed E-state index contributed by atoms with van der Waals surface area (Å²) in [5.74, 6) is -0.754. The van der Waals surface area contributed by atoms with Crippen molar-refractivity contribution in [2.45, 2.75) is 38.1 Å². The minimum absolute atomic E-state index is 0.251. The standard InChI is InChI=1S/C15H18O4/c1-14-9-15(10-14,13(16)17)12(19-14)8-18-7-11-5-3-2-4-6-11/h2-6,12H,7-10H2,1H3,(H,16,17). The number of aliphatic carboxylic acids is 1. The van der Waals surface area contributed by atoms with Gasteiger partial charge in [0.1, 0.15) is 5.41 Å². The fourth-order valence-electron chi connectivity index (χ4n) is 3.39. The molecule has 4 nitrogen and oxygen atoms in total. The molecule has 0 spiro atoms. The Morgan fingerprint density at radius 3 is 2.74 bits per heavy atom. The first-order valence-corrected chi connectivity index (χ1v) is 6.57. The van der Waals surface area contributed by atoms with E-state index >= 15 is 0 Å². The van der Waals surface area contributed by atoms with E-state index in [4.69, 9.17) is 9.47 Å². The van der Waals surface area contributed by atoms with Crippen LogP contribution in [0.15, 0.2) is 30.3 Å². The van der Waals surface area contributed by atoms with Gasteiger partial charge in [-0.3, -0.25) is 4.79 Å². The van der Waals surface area contributed by atoms with Crippen LogP contribution in [0.25, 0.3) is 0 Å². The van der Waals surface area contributed by atoms with Gasteiger partial charge in [0.2, 0.25) is 0 Å². The van der Waals surface area contributed by atoms with Gasteiger partial charge in [0.25, 0.3) is 0 Å². The Kier molecular flexibility index (Phi) is 2.87. The van der Waals surface area contributed by atoms with E-state index in [1.54, 1.807) is 0 Å². The number of carboxylic acid groups (broad SMARTS) is 1. The number of carbonyl (C=O) groups is 1. The highest BCUT2D eigenvalue weighted by molar-refractivity contribution is 5.78. The Morgan fingerprint density at radius 1 is 1.42 bits per heavy atom. The third kappa shape index (κ3) is 2.05. The van der Waals surface area contributed by atoms with E-state index in [0.29, 0.717) is 26.1 Å². The number of benzene rings is 1. The Labute approximate surface area is 112 Å². The van der Waals surface area contributed by atoms with Crippen LogP contribution in [-0.4, -0.2) is 29.4 Å². The smallest absolute Gasteiger partial charge is 0.312 e. The molecule has 1 aromatic carbocycles. The lowest BCUT2D eigenvalue weighted by atomic mass is 9.61. The van der Waals surface area contributed by atoms with Crippen molar-refractivity contribution in [2.24, 2.45) is 5.41 Å². The van der Waals surface area contributed by atoms with Crippen molar-refractivity contribution in [1.82, 2.24) is 0 Å². The molecule has 4 heteroatoms. The van der Waals surface area contributed by atoms with Gasteiger partial charge in [0.15, 0.2) is 0 Å². The van der Waals surface area contributed by atoms with Gasteiger partial charge in [-0.05, 0) is 25.3 Å². The van der Waals surface area contributed by atoms with Crippen LogP contribution in [0.4, 0.5) is 0 Å². The van der Waals surface area contributed by atoms with E-state index in [9.17, 15) is 9.90 Å². The van der Waals surface area contributed by atoms with Crippen LogP contribution in [0.5, 0.6) is 0 Å². The molecule has 2 bridgehead atoms. The summed E-state index contributed by atoms with van der Waals surface area (Å²) < 4.78 is 11.5. The van der Waals surface area contributed by atoms with E-state index in [1.807, 2.05) is 37.3 Å². The topological polar surface area (TPSA) is 55.8 Å². The maximum Gasteiger partial charge on any atom is 0.312 e. The normalized spacial score (nSPS) is 35.9. The second-order valence-electron chi connectivity index (χ2n) is 5.87. The first-order valence-electron chi connectivity index (χ1n) is 6.57. The average Bonchev–Trinajstić information content (AvgIpc) is 2.79. The third-order valence-electron chi connectivity index (χ3n) is 4.23. The third-order valence-corrected chi connectivity index (χ3v) is 4.23. The molecule has 19 heavy (non-hydrogen) atoms. The molecular weight excluding hydrogens is 244 g/mol. The molecular formula is C15H18O4. The molecule has 1 aromatic rings. The van der Waals surface area contributed by atoms with Crippen molar-refractivity contribution in [3.63, 3.8) is 0 Å². The lowest BCUT2D eigenvalue weighted by Crippen LogP contribution is -2.49. The van der Waals surface area contributed by atoms with Gasteiger partial charge in [0, 0.05) is 0 Å². The van der Waals surface area contributed by atoms with E-state index < -0.39 is 11.4 Å². The van der Waals surface area contributed by atoms with Crippen LogP contribution >= 0.6 is 0 Å². The van der Waals surface area contributed by atoms with Gasteiger partial charge in [0.05, 0.1) is 24.9 Å². The molecule has 2 heterocycles. The van der Waals surface area contributed by atoms with Gasteiger partial charge in [-0.1, -0.05) is 30.3 Å². The molecule has 0 radical (unpaired) electrons. The first kappa shape index (κ1) is 12.6. The summed E-state index contributed by atoms with van der Waals surface area (Å²) in [4.78, 5) is 11.4. The highest BCUT2D eigenvalue weighted by atomic mass is 16.6. The zero-order chi connectivity index (χ0) is 13.5. The Balaban J connectivity index is 1.57. The molecule has 1 unspecified atom stereocenters. The lowest BCUT2D eigenvalue weighted by Gasteiger charge is -2.39. The lowest BCUT2D eigenvalue weighted by molar-refractivity contribution is -0.155. The number of rotatable bonds is 5. The highest BCUT2D eigenvalue weighted by Crippen LogP contribution is 2.61. The first-order chi connectivity index (χ1) is 9.04. The van der Waals surface area contributed by atoms with Crippen LogP contribution < -0.4 is 0 Å². The predicted octanol–water partition coefficient (Wildman–Crippen LogP) is 2.23. The van der Waals surface area contributed by atoms with Crippen LogP contribution in [0, 0.1) is 5.41 Å². The molecule has 1 N–H and O–H groups in total. The molecule has 3 fully saturated rings. The molecule has 2 saturated heterocycles. The highest BCUT2D eigenvalue weighted by Gasteiger charge is 2.69. The van der Waals surface area contributed by atoms with Crippen LogP contribution in [0.2, 0.25) is 0 Å². The minimum atomic E-state index is -0.754. The molecule has 0 amide bonds. The Bertz CT molecular complexity index is 476. The monoisotopic (exact) mass is 262 g/mol. The van der Waals surface area contributed by atoms with Crippen molar-refractivity contribution in [2.75, 3.05) is 6.61 Å². The summed E-state index contributed by atoms with van der Waals surface area (Å²) in [5, 5.41) is 9.38. The molecule has 1 atom stereocenters. The molecule has 0 aromatic heterocycles. The summed E-state index contributed by atoms with van der Waals surface area (Å²) in [5.41, 5.74) is 0.119. The van der Waals surface area contributed by atoms with Gasteiger partial charge < -0.3 is 14.6 Å². The summed E-state index contributed by atoms with van der Waals surface area (Å²) in [6.07, 6.45) is 0.891. The van der Waals surface area contributed by atoms with Gasteiger partial charge in [-0.25, -0.2) is 0 Å². The van der Waals surface area contributed by atoms with E-state index in [2.05, 4.69) is 0 Å². The maximum atomic E-state index is 11.4. The van der Waals surface area contributed by atoms with Crippen molar-refractivity contribution >= 4 is 5.97 Å². The Hall–Kier alpha value is -1.39. The fourth-order valence-corrected chi connectivity index (χ4v) is 3.39. The summed E-state index contributed by atoms with van der Waals surface area (Å²) in [6.45, 7) is 2.81. The van der Waals surface area contributed by atoms with Crippen LogP contribution in [0.1, 0.15) is 25.3 Å². The average molecular weight is 262 g/mol. The minimum Gasteiger partial charge on any atom is -0.481 e. The van der Waals surface area contributed by atoms with E-state index in [-0.39, 0.29) is 11.7 Å². The van der Waals surface area contributed by atoms with Crippen molar-refractivity contribution in [1.29, 1.82) is 0 Å². The second-order valence-corrected chi connectivity index (χ2v) is 5.87. The predicted molar refractivity (Wildman–Crippen MR) is 68.7 cm³/mol. The van der Waals surface area contributed by atoms with Crippen LogP contribution in [-0.2, 0) is 20.9 Å².